The summed E-state index contributed by atoms with van der Waals surface area (Å²) < 4.78 is 5.47. The molecule has 2 aromatic carbocycles. The van der Waals surface area contributed by atoms with E-state index in [-0.39, 0.29) is 23.6 Å². The molecule has 7 nitrogen and oxygen atoms in total. The number of ether oxygens (including phenoxy) is 1. The highest BCUT2D eigenvalue weighted by Gasteiger charge is 2.43. The SMILES string of the molecule is CC(C)C(C(=O)N1CCC[C@H]1C(=O)NCc1ccc(C2CCOCC2)cc1)N1Cc2ccccc2C1=O. The molecule has 0 radical (unpaired) electrons. The zero-order chi connectivity index (χ0) is 25.9. The van der Waals surface area contributed by atoms with Gasteiger partial charge >= 0.3 is 0 Å². The summed E-state index contributed by atoms with van der Waals surface area (Å²) in [4.78, 5) is 43.5. The second-order valence-electron chi connectivity index (χ2n) is 10.8. The number of hydrogen-bond donors (Lipinski definition) is 1. The summed E-state index contributed by atoms with van der Waals surface area (Å²) in [6.07, 6.45) is 3.52. The van der Waals surface area contributed by atoms with Crippen LogP contribution in [0, 0.1) is 5.92 Å². The topological polar surface area (TPSA) is 79.0 Å². The van der Waals surface area contributed by atoms with Gasteiger partial charge in [0, 0.05) is 38.4 Å². The van der Waals surface area contributed by atoms with Gasteiger partial charge in [0.05, 0.1) is 0 Å². The van der Waals surface area contributed by atoms with Gasteiger partial charge in [-0.1, -0.05) is 56.3 Å². The summed E-state index contributed by atoms with van der Waals surface area (Å²) in [6.45, 7) is 6.96. The van der Waals surface area contributed by atoms with E-state index in [9.17, 15) is 14.4 Å². The number of hydrogen-bond acceptors (Lipinski definition) is 4. The molecule has 3 aliphatic heterocycles. The summed E-state index contributed by atoms with van der Waals surface area (Å²) >= 11 is 0. The summed E-state index contributed by atoms with van der Waals surface area (Å²) in [6, 6.07) is 14.9. The monoisotopic (exact) mass is 503 g/mol. The molecule has 1 N–H and O–H groups in total. The number of nitrogens with zero attached hydrogens (tertiary/aromatic N) is 2. The minimum Gasteiger partial charge on any atom is -0.381 e. The van der Waals surface area contributed by atoms with Crippen molar-refractivity contribution in [1.82, 2.24) is 15.1 Å². The fourth-order valence-corrected chi connectivity index (χ4v) is 6.00. The number of carbonyl (C=O) groups is 3. The number of fused-ring (bicyclic) bond motifs is 1. The van der Waals surface area contributed by atoms with Crippen molar-refractivity contribution in [2.75, 3.05) is 19.8 Å². The largest absolute Gasteiger partial charge is 0.381 e. The Morgan fingerprint density at radius 2 is 1.76 bits per heavy atom. The van der Waals surface area contributed by atoms with Crippen molar-refractivity contribution >= 4 is 17.7 Å². The van der Waals surface area contributed by atoms with Gasteiger partial charge in [0.1, 0.15) is 12.1 Å². The van der Waals surface area contributed by atoms with Crippen molar-refractivity contribution < 1.29 is 19.1 Å². The molecule has 2 aromatic rings. The van der Waals surface area contributed by atoms with Crippen molar-refractivity contribution in [3.8, 4) is 0 Å². The van der Waals surface area contributed by atoms with Crippen LogP contribution in [-0.4, -0.2) is 59.4 Å². The number of likely N-dealkylation sites (tertiary alicyclic amines) is 1. The molecule has 3 heterocycles. The van der Waals surface area contributed by atoms with Crippen molar-refractivity contribution in [2.45, 2.75) is 70.6 Å². The lowest BCUT2D eigenvalue weighted by Crippen LogP contribution is -2.55. The summed E-state index contributed by atoms with van der Waals surface area (Å²) in [5.41, 5.74) is 3.98. The first-order valence-corrected chi connectivity index (χ1v) is 13.6. The van der Waals surface area contributed by atoms with Crippen LogP contribution >= 0.6 is 0 Å². The Bertz CT molecular complexity index is 1140. The first kappa shape index (κ1) is 25.5. The maximum absolute atomic E-state index is 13.8. The van der Waals surface area contributed by atoms with Crippen LogP contribution in [0.15, 0.2) is 48.5 Å². The second kappa shape index (κ2) is 11.1. The van der Waals surface area contributed by atoms with Gasteiger partial charge in [0.25, 0.3) is 5.91 Å². The molecule has 1 unspecified atom stereocenters. The maximum Gasteiger partial charge on any atom is 0.255 e. The Hall–Kier alpha value is -3.19. The molecular formula is C30H37N3O4. The highest BCUT2D eigenvalue weighted by molar-refractivity contribution is 6.01. The van der Waals surface area contributed by atoms with Crippen LogP contribution < -0.4 is 5.32 Å². The smallest absolute Gasteiger partial charge is 0.255 e. The fraction of sp³-hybridized carbons (Fsp3) is 0.500. The predicted molar refractivity (Wildman–Crippen MR) is 141 cm³/mol. The number of rotatable bonds is 7. The highest BCUT2D eigenvalue weighted by Crippen LogP contribution is 2.30. The average Bonchev–Trinajstić information content (AvgIpc) is 3.54. The lowest BCUT2D eigenvalue weighted by atomic mass is 9.91. The van der Waals surface area contributed by atoms with Gasteiger partial charge in [0.15, 0.2) is 0 Å². The van der Waals surface area contributed by atoms with E-state index in [4.69, 9.17) is 4.74 Å². The van der Waals surface area contributed by atoms with Crippen LogP contribution in [0.5, 0.6) is 0 Å². The lowest BCUT2D eigenvalue weighted by molar-refractivity contribution is -0.143. The second-order valence-corrected chi connectivity index (χ2v) is 10.8. The van der Waals surface area contributed by atoms with Crippen molar-refractivity contribution in [3.63, 3.8) is 0 Å². The number of carbonyl (C=O) groups excluding carboxylic acids is 3. The third-order valence-corrected chi connectivity index (χ3v) is 8.05. The number of amides is 3. The van der Waals surface area contributed by atoms with Crippen molar-refractivity contribution in [1.29, 1.82) is 0 Å². The molecule has 7 heteroatoms. The Kier molecular flexibility index (Phi) is 7.60. The van der Waals surface area contributed by atoms with Gasteiger partial charge in [-0.3, -0.25) is 14.4 Å². The molecule has 3 aliphatic rings. The molecule has 37 heavy (non-hydrogen) atoms. The molecule has 196 valence electrons. The molecule has 0 spiro atoms. The van der Waals surface area contributed by atoms with Crippen molar-refractivity contribution in [3.05, 3.63) is 70.8 Å². The summed E-state index contributed by atoms with van der Waals surface area (Å²) in [5, 5.41) is 3.05. The average molecular weight is 504 g/mol. The van der Waals surface area contributed by atoms with Crippen LogP contribution in [-0.2, 0) is 27.4 Å². The number of nitrogens with one attached hydrogen (secondary N) is 1. The van der Waals surface area contributed by atoms with Crippen LogP contribution in [0.2, 0.25) is 0 Å². The minimum atomic E-state index is -0.592. The number of benzene rings is 2. The molecule has 5 rings (SSSR count). The first-order chi connectivity index (χ1) is 17.9. The molecule has 0 bridgehead atoms. The van der Waals surface area contributed by atoms with E-state index in [0.29, 0.717) is 37.5 Å². The minimum absolute atomic E-state index is 0.0654. The van der Waals surface area contributed by atoms with E-state index in [1.165, 1.54) is 5.56 Å². The molecule has 2 fully saturated rings. The zero-order valence-electron chi connectivity index (χ0n) is 21.8. The first-order valence-electron chi connectivity index (χ1n) is 13.6. The predicted octanol–water partition coefficient (Wildman–Crippen LogP) is 3.87. The third kappa shape index (κ3) is 5.28. The molecule has 0 aliphatic carbocycles. The van der Waals surface area contributed by atoms with E-state index >= 15 is 0 Å². The summed E-state index contributed by atoms with van der Waals surface area (Å²) in [7, 11) is 0. The van der Waals surface area contributed by atoms with Crippen LogP contribution in [0.4, 0.5) is 0 Å². The lowest BCUT2D eigenvalue weighted by Gasteiger charge is -2.35. The van der Waals surface area contributed by atoms with Gasteiger partial charge in [-0.05, 0) is 60.3 Å². The normalized spacial score (nSPS) is 20.8. The maximum atomic E-state index is 13.8. The molecule has 2 atom stereocenters. The molecule has 2 saturated heterocycles. The Labute approximate surface area is 219 Å². The highest BCUT2D eigenvalue weighted by atomic mass is 16.5. The van der Waals surface area contributed by atoms with E-state index in [0.717, 1.165) is 43.6 Å². The summed E-state index contributed by atoms with van der Waals surface area (Å²) in [5.74, 6) is 0.114. The van der Waals surface area contributed by atoms with Crippen LogP contribution in [0.1, 0.15) is 72.5 Å². The zero-order valence-corrected chi connectivity index (χ0v) is 21.8. The standard InChI is InChI=1S/C30H37N3O4/c1-20(2)27(33-19-24-6-3-4-7-25(24)29(33)35)30(36)32-15-5-8-26(32)28(34)31-18-21-9-11-22(12-10-21)23-13-16-37-17-14-23/h3-4,6-7,9-12,20,23,26-27H,5,8,13-19H2,1-2H3,(H,31,34)/t26-,27?/m0/s1. The van der Waals surface area contributed by atoms with Gasteiger partial charge in [-0.2, -0.15) is 0 Å². The van der Waals surface area contributed by atoms with Crippen molar-refractivity contribution in [2.24, 2.45) is 5.92 Å². The quantitative estimate of drug-likeness (QED) is 0.622. The third-order valence-electron chi connectivity index (χ3n) is 8.05. The Morgan fingerprint density at radius 3 is 2.46 bits per heavy atom. The van der Waals surface area contributed by atoms with Gasteiger partial charge in [-0.25, -0.2) is 0 Å². The molecule has 3 amide bonds. The molecule has 0 saturated carbocycles. The van der Waals surface area contributed by atoms with E-state index in [1.54, 1.807) is 9.80 Å². The molecule has 0 aromatic heterocycles. The van der Waals surface area contributed by atoms with E-state index in [2.05, 4.69) is 29.6 Å². The Morgan fingerprint density at radius 1 is 1.03 bits per heavy atom. The molecular weight excluding hydrogens is 466 g/mol. The fourth-order valence-electron chi connectivity index (χ4n) is 6.00. The van der Waals surface area contributed by atoms with Gasteiger partial charge in [0.2, 0.25) is 11.8 Å². The van der Waals surface area contributed by atoms with Gasteiger partial charge < -0.3 is 19.9 Å². The van der Waals surface area contributed by atoms with Crippen LogP contribution in [0.3, 0.4) is 0 Å². The van der Waals surface area contributed by atoms with E-state index in [1.807, 2.05) is 38.1 Å². The van der Waals surface area contributed by atoms with Gasteiger partial charge in [-0.15, -0.1) is 0 Å². The van der Waals surface area contributed by atoms with E-state index < -0.39 is 12.1 Å². The van der Waals surface area contributed by atoms with Crippen LogP contribution in [0.25, 0.3) is 0 Å². The Balaban J connectivity index is 1.22.